The van der Waals surface area contributed by atoms with Crippen molar-refractivity contribution in [3.05, 3.63) is 41.1 Å². The van der Waals surface area contributed by atoms with Gasteiger partial charge < -0.3 is 15.2 Å². The summed E-state index contributed by atoms with van der Waals surface area (Å²) in [5.41, 5.74) is 0.656. The van der Waals surface area contributed by atoms with Crippen LogP contribution in [0.5, 0.6) is 5.75 Å². The molecule has 1 aliphatic heterocycles. The second-order valence-corrected chi connectivity index (χ2v) is 3.68. The lowest BCUT2D eigenvalue weighted by Gasteiger charge is -2.20. The van der Waals surface area contributed by atoms with Crippen molar-refractivity contribution in [3.8, 4) is 5.75 Å². The molecule has 16 heavy (non-hydrogen) atoms. The first-order valence-corrected chi connectivity index (χ1v) is 5.12. The van der Waals surface area contributed by atoms with Crippen LogP contribution in [0, 0.1) is 0 Å². The minimum atomic E-state index is -0.423. The second kappa shape index (κ2) is 4.45. The molecule has 5 heteroatoms. The van der Waals surface area contributed by atoms with Crippen LogP contribution in [0.15, 0.2) is 40.5 Å². The zero-order chi connectivity index (χ0) is 11.5. The zero-order valence-electron chi connectivity index (χ0n) is 8.64. The molecule has 0 spiro atoms. The molecule has 0 bridgehead atoms. The third kappa shape index (κ3) is 2.12. The number of nitrogens with zero attached hydrogens (tertiary/aromatic N) is 1. The van der Waals surface area contributed by atoms with Gasteiger partial charge in [0.15, 0.2) is 6.17 Å². The van der Waals surface area contributed by atoms with Crippen molar-refractivity contribution < 1.29 is 9.84 Å². The summed E-state index contributed by atoms with van der Waals surface area (Å²) in [6.07, 6.45) is 1.16. The second-order valence-electron chi connectivity index (χ2n) is 3.27. The smallest absolute Gasteiger partial charge is 0.213 e. The third-order valence-corrected chi connectivity index (χ3v) is 2.44. The average Bonchev–Trinajstić information content (AvgIpc) is 2.28. The number of ether oxygens (including phenoxy) is 1. The van der Waals surface area contributed by atoms with Gasteiger partial charge in [0, 0.05) is 11.6 Å². The summed E-state index contributed by atoms with van der Waals surface area (Å²) in [6, 6.07) is 6.95. The molecule has 0 fully saturated rings. The van der Waals surface area contributed by atoms with Crippen molar-refractivity contribution in [2.24, 2.45) is 4.99 Å². The maximum atomic E-state index is 9.70. The van der Waals surface area contributed by atoms with Crippen molar-refractivity contribution >= 4 is 17.5 Å². The summed E-state index contributed by atoms with van der Waals surface area (Å²) in [5.74, 6) is 0.600. The van der Waals surface area contributed by atoms with E-state index >= 15 is 0 Å². The Hall–Kier alpha value is -1.68. The topological polar surface area (TPSA) is 53.9 Å². The molecule has 0 saturated heterocycles. The van der Waals surface area contributed by atoms with Crippen molar-refractivity contribution in [2.75, 3.05) is 7.11 Å². The minimum absolute atomic E-state index is 0.172. The van der Waals surface area contributed by atoms with Gasteiger partial charge in [-0.3, -0.25) is 0 Å². The first-order chi connectivity index (χ1) is 7.70. The lowest BCUT2D eigenvalue weighted by atomic mass is 10.1. The first kappa shape index (κ1) is 10.8. The average molecular weight is 239 g/mol. The highest BCUT2D eigenvalue weighted by molar-refractivity contribution is 6.30. The molecule has 1 unspecified atom stereocenters. The molecule has 4 nitrogen and oxygen atoms in total. The number of para-hydroxylation sites is 1. The fraction of sp³-hybridized carbons (Fsp3) is 0.182. The summed E-state index contributed by atoms with van der Waals surface area (Å²) in [6.45, 7) is 0. The van der Waals surface area contributed by atoms with E-state index in [-0.39, 0.29) is 5.75 Å². The van der Waals surface area contributed by atoms with E-state index in [1.54, 1.807) is 24.3 Å². The molecule has 1 atom stereocenters. The monoisotopic (exact) mass is 238 g/mol. The van der Waals surface area contributed by atoms with Crippen LogP contribution in [-0.4, -0.2) is 18.1 Å². The molecule has 84 valence electrons. The number of benzene rings is 1. The fourth-order valence-corrected chi connectivity index (χ4v) is 1.65. The number of aromatic hydroxyl groups is 1. The summed E-state index contributed by atoms with van der Waals surface area (Å²) in [7, 11) is 1.52. The van der Waals surface area contributed by atoms with Gasteiger partial charge in [-0.15, -0.1) is 0 Å². The number of hydrogen-bond acceptors (Lipinski definition) is 4. The molecule has 0 amide bonds. The van der Waals surface area contributed by atoms with Gasteiger partial charge in [0.2, 0.25) is 5.90 Å². The van der Waals surface area contributed by atoms with Crippen LogP contribution in [0.25, 0.3) is 0 Å². The predicted octanol–water partition coefficient (Wildman–Crippen LogP) is 2.12. The Morgan fingerprint density at radius 1 is 1.44 bits per heavy atom. The number of halogens is 1. The third-order valence-electron chi connectivity index (χ3n) is 2.22. The number of phenols is 1. The van der Waals surface area contributed by atoms with Gasteiger partial charge in [-0.25, -0.2) is 4.99 Å². The number of hydrogen-bond donors (Lipinski definition) is 2. The normalized spacial score (nSPS) is 19.5. The van der Waals surface area contributed by atoms with E-state index < -0.39 is 6.17 Å². The number of methoxy groups -OCH3 is 1. The van der Waals surface area contributed by atoms with Crippen LogP contribution in [-0.2, 0) is 4.74 Å². The van der Waals surface area contributed by atoms with Crippen LogP contribution >= 0.6 is 11.6 Å². The predicted molar refractivity (Wildman–Crippen MR) is 62.4 cm³/mol. The van der Waals surface area contributed by atoms with Gasteiger partial charge in [0.25, 0.3) is 0 Å². The Bertz CT molecular complexity index is 457. The molecule has 0 saturated carbocycles. The van der Waals surface area contributed by atoms with Gasteiger partial charge in [-0.1, -0.05) is 29.8 Å². The highest BCUT2D eigenvalue weighted by Crippen LogP contribution is 2.27. The number of rotatable bonds is 1. The molecule has 0 aliphatic carbocycles. The van der Waals surface area contributed by atoms with E-state index in [0.29, 0.717) is 16.6 Å². The van der Waals surface area contributed by atoms with Crippen molar-refractivity contribution in [1.29, 1.82) is 0 Å². The molecule has 2 rings (SSSR count). The van der Waals surface area contributed by atoms with Crippen LogP contribution in [0.2, 0.25) is 0 Å². The minimum Gasteiger partial charge on any atom is -0.508 e. The summed E-state index contributed by atoms with van der Waals surface area (Å²) < 4.78 is 5.02. The molecule has 1 aliphatic rings. The van der Waals surface area contributed by atoms with E-state index in [1.807, 2.05) is 6.07 Å². The summed E-state index contributed by atoms with van der Waals surface area (Å²) in [4.78, 5) is 4.24. The fourth-order valence-electron chi connectivity index (χ4n) is 1.46. The van der Waals surface area contributed by atoms with Crippen molar-refractivity contribution in [3.63, 3.8) is 0 Å². The van der Waals surface area contributed by atoms with Gasteiger partial charge in [-0.05, 0) is 6.07 Å². The van der Waals surface area contributed by atoms with Gasteiger partial charge in [-0.2, -0.15) is 0 Å². The molecular weight excluding hydrogens is 228 g/mol. The quantitative estimate of drug-likeness (QED) is 0.737. The SMILES string of the molecule is COC1=NC(c2ccccc2O)NC(Cl)=C1. The van der Waals surface area contributed by atoms with E-state index in [4.69, 9.17) is 16.3 Å². The Morgan fingerprint density at radius 2 is 2.19 bits per heavy atom. The van der Waals surface area contributed by atoms with Gasteiger partial charge in [0.05, 0.1) is 7.11 Å². The molecular formula is C11H11ClN2O2. The Labute approximate surface area is 98.2 Å². The van der Waals surface area contributed by atoms with Crippen LogP contribution in [0.1, 0.15) is 11.7 Å². The van der Waals surface area contributed by atoms with Crippen LogP contribution in [0.3, 0.4) is 0 Å². The van der Waals surface area contributed by atoms with E-state index in [2.05, 4.69) is 10.3 Å². The number of nitrogens with one attached hydrogen (secondary N) is 1. The van der Waals surface area contributed by atoms with E-state index in [1.165, 1.54) is 7.11 Å². The highest BCUT2D eigenvalue weighted by Gasteiger charge is 2.19. The molecule has 0 radical (unpaired) electrons. The lowest BCUT2D eigenvalue weighted by molar-refractivity contribution is 0.393. The van der Waals surface area contributed by atoms with Crippen molar-refractivity contribution in [2.45, 2.75) is 6.17 Å². The van der Waals surface area contributed by atoms with E-state index in [0.717, 1.165) is 0 Å². The Balaban J connectivity index is 2.34. The van der Waals surface area contributed by atoms with Crippen LogP contribution < -0.4 is 5.32 Å². The van der Waals surface area contributed by atoms with Crippen molar-refractivity contribution in [1.82, 2.24) is 5.32 Å². The number of aliphatic imine (C=N–C) groups is 1. The first-order valence-electron chi connectivity index (χ1n) is 4.74. The maximum Gasteiger partial charge on any atom is 0.213 e. The summed E-state index contributed by atoms with van der Waals surface area (Å²) in [5, 5.41) is 13.1. The van der Waals surface area contributed by atoms with Gasteiger partial charge in [0.1, 0.15) is 10.9 Å². The standard InChI is InChI=1S/C11H11ClN2O2/c1-16-10-6-9(12)13-11(14-10)7-4-2-3-5-8(7)15/h2-6,11,13,15H,1H3. The highest BCUT2D eigenvalue weighted by atomic mass is 35.5. The largest absolute Gasteiger partial charge is 0.508 e. The Kier molecular flexibility index (Phi) is 3.01. The molecule has 0 aromatic heterocycles. The van der Waals surface area contributed by atoms with E-state index in [9.17, 15) is 5.11 Å². The molecule has 1 aromatic rings. The molecule has 2 N–H and O–H groups in total. The van der Waals surface area contributed by atoms with Gasteiger partial charge >= 0.3 is 0 Å². The Morgan fingerprint density at radius 3 is 2.88 bits per heavy atom. The molecule has 1 aromatic carbocycles. The summed E-state index contributed by atoms with van der Waals surface area (Å²) >= 11 is 5.89. The molecule has 1 heterocycles. The number of phenolic OH excluding ortho intramolecular Hbond substituents is 1. The maximum absolute atomic E-state index is 9.70. The van der Waals surface area contributed by atoms with Crippen LogP contribution in [0.4, 0.5) is 0 Å². The zero-order valence-corrected chi connectivity index (χ0v) is 9.40. The lowest BCUT2D eigenvalue weighted by Crippen LogP contribution is -2.23.